The SMILES string of the molecule is COc1nc(N2C[C@@H]3CN=C(N)S[C@@]3(c3cc(F)ccc3F)C2)nc(C)c1F. The molecular weight excluding hydrogens is 391 g/mol. The molecule has 2 aliphatic heterocycles. The van der Waals surface area contributed by atoms with E-state index in [0.717, 1.165) is 12.1 Å². The van der Waals surface area contributed by atoms with Crippen molar-refractivity contribution in [2.75, 3.05) is 31.6 Å². The summed E-state index contributed by atoms with van der Waals surface area (Å²) < 4.78 is 46.8. The number of hydrogen-bond donors (Lipinski definition) is 1. The van der Waals surface area contributed by atoms with Crippen molar-refractivity contribution in [1.29, 1.82) is 0 Å². The fourth-order valence-corrected chi connectivity index (χ4v) is 5.07. The fraction of sp³-hybridized carbons (Fsp3) is 0.389. The Morgan fingerprint density at radius 3 is 2.82 bits per heavy atom. The van der Waals surface area contributed by atoms with E-state index >= 15 is 0 Å². The van der Waals surface area contributed by atoms with E-state index in [0.29, 0.717) is 18.3 Å². The van der Waals surface area contributed by atoms with E-state index in [9.17, 15) is 13.2 Å². The Bertz CT molecular complexity index is 972. The second-order valence-corrected chi connectivity index (χ2v) is 8.16. The number of fused-ring (bicyclic) bond motifs is 1. The van der Waals surface area contributed by atoms with Gasteiger partial charge in [-0.2, -0.15) is 9.37 Å². The Hall–Kier alpha value is -2.49. The zero-order chi connectivity index (χ0) is 20.1. The molecule has 0 bridgehead atoms. The van der Waals surface area contributed by atoms with Crippen LogP contribution in [0.25, 0.3) is 0 Å². The third-order valence-corrected chi connectivity index (χ3v) is 6.50. The highest BCUT2D eigenvalue weighted by molar-refractivity contribution is 8.14. The molecule has 2 N–H and O–H groups in total. The molecule has 3 heterocycles. The van der Waals surface area contributed by atoms with Crippen LogP contribution < -0.4 is 15.4 Å². The maximum atomic E-state index is 14.7. The van der Waals surface area contributed by atoms with Crippen molar-refractivity contribution < 1.29 is 17.9 Å². The van der Waals surface area contributed by atoms with Gasteiger partial charge in [0, 0.05) is 31.1 Å². The van der Waals surface area contributed by atoms with Crippen molar-refractivity contribution in [3.05, 3.63) is 46.9 Å². The van der Waals surface area contributed by atoms with Crippen molar-refractivity contribution in [2.45, 2.75) is 11.7 Å². The molecular formula is C18H18F3N5OS. The predicted molar refractivity (Wildman–Crippen MR) is 101 cm³/mol. The van der Waals surface area contributed by atoms with Crippen LogP contribution in [-0.4, -0.2) is 41.9 Å². The zero-order valence-corrected chi connectivity index (χ0v) is 16.1. The van der Waals surface area contributed by atoms with Gasteiger partial charge in [-0.15, -0.1) is 0 Å². The van der Waals surface area contributed by atoms with Crippen LogP contribution in [0.1, 0.15) is 11.3 Å². The number of rotatable bonds is 3. The van der Waals surface area contributed by atoms with Gasteiger partial charge in [-0.1, -0.05) is 11.8 Å². The maximum absolute atomic E-state index is 14.7. The highest BCUT2D eigenvalue weighted by atomic mass is 32.2. The molecule has 28 heavy (non-hydrogen) atoms. The Kier molecular flexibility index (Phi) is 4.60. The van der Waals surface area contributed by atoms with Crippen molar-refractivity contribution in [3.8, 4) is 5.88 Å². The lowest BCUT2D eigenvalue weighted by molar-refractivity contribution is 0.365. The van der Waals surface area contributed by atoms with Gasteiger partial charge in [-0.25, -0.2) is 13.8 Å². The molecule has 148 valence electrons. The van der Waals surface area contributed by atoms with Gasteiger partial charge in [-0.05, 0) is 25.1 Å². The third kappa shape index (κ3) is 2.95. The Balaban J connectivity index is 1.79. The Morgan fingerprint density at radius 2 is 2.07 bits per heavy atom. The van der Waals surface area contributed by atoms with E-state index in [1.54, 1.807) is 0 Å². The molecule has 1 fully saturated rings. The average molecular weight is 409 g/mol. The zero-order valence-electron chi connectivity index (χ0n) is 15.2. The highest BCUT2D eigenvalue weighted by Gasteiger charge is 2.53. The van der Waals surface area contributed by atoms with Crippen molar-refractivity contribution in [2.24, 2.45) is 16.6 Å². The summed E-state index contributed by atoms with van der Waals surface area (Å²) in [5.74, 6) is -1.71. The van der Waals surface area contributed by atoms with Crippen LogP contribution in [0.4, 0.5) is 19.1 Å². The van der Waals surface area contributed by atoms with Gasteiger partial charge >= 0.3 is 0 Å². The van der Waals surface area contributed by atoms with Crippen LogP contribution >= 0.6 is 11.8 Å². The molecule has 1 aromatic carbocycles. The number of halogens is 3. The van der Waals surface area contributed by atoms with Crippen molar-refractivity contribution in [1.82, 2.24) is 9.97 Å². The third-order valence-electron chi connectivity index (χ3n) is 5.12. The Morgan fingerprint density at radius 1 is 1.29 bits per heavy atom. The van der Waals surface area contributed by atoms with E-state index in [-0.39, 0.29) is 35.5 Å². The number of anilines is 1. The summed E-state index contributed by atoms with van der Waals surface area (Å²) in [6.07, 6.45) is 0. The van der Waals surface area contributed by atoms with E-state index in [2.05, 4.69) is 15.0 Å². The van der Waals surface area contributed by atoms with Crippen LogP contribution in [0.3, 0.4) is 0 Å². The molecule has 0 spiro atoms. The standard InChI is InChI=1S/C18H18F3N5OS/c1-9-14(21)15(27-2)25-17(24-9)26-7-10-6-23-16(22)28-18(10,8-26)12-5-11(19)3-4-13(12)20/h3-5,10H,6-8H2,1-2H3,(H2,22,23)/t10-,18-/m0/s1. The van der Waals surface area contributed by atoms with Gasteiger partial charge in [0.25, 0.3) is 5.88 Å². The van der Waals surface area contributed by atoms with Crippen molar-refractivity contribution >= 4 is 22.9 Å². The smallest absolute Gasteiger partial charge is 0.255 e. The minimum absolute atomic E-state index is 0.145. The molecule has 2 aliphatic rings. The van der Waals surface area contributed by atoms with Gasteiger partial charge in [0.15, 0.2) is 5.17 Å². The Labute approximate surface area is 164 Å². The predicted octanol–water partition coefficient (Wildman–Crippen LogP) is 2.60. The number of aryl methyl sites for hydroxylation is 1. The van der Waals surface area contributed by atoms with Crippen LogP contribution in [0, 0.1) is 30.3 Å². The molecule has 0 aliphatic carbocycles. The molecule has 10 heteroatoms. The topological polar surface area (TPSA) is 76.6 Å². The number of aromatic nitrogens is 2. The van der Waals surface area contributed by atoms with Gasteiger partial charge in [0.05, 0.1) is 17.6 Å². The number of ether oxygens (including phenoxy) is 1. The summed E-state index contributed by atoms with van der Waals surface area (Å²) in [6, 6.07) is 3.40. The highest BCUT2D eigenvalue weighted by Crippen LogP contribution is 2.51. The molecule has 1 aromatic heterocycles. The fourth-order valence-electron chi connectivity index (χ4n) is 3.76. The summed E-state index contributed by atoms with van der Waals surface area (Å²) in [7, 11) is 1.33. The second kappa shape index (κ2) is 6.84. The number of nitrogens with two attached hydrogens (primary N) is 1. The summed E-state index contributed by atoms with van der Waals surface area (Å²) in [4.78, 5) is 14.5. The number of methoxy groups -OCH3 is 1. The first kappa shape index (κ1) is 18.9. The first-order valence-corrected chi connectivity index (χ1v) is 9.43. The quantitative estimate of drug-likeness (QED) is 0.840. The average Bonchev–Trinajstić information content (AvgIpc) is 3.05. The molecule has 0 radical (unpaired) electrons. The van der Waals surface area contributed by atoms with Gasteiger partial charge in [-0.3, -0.25) is 4.99 Å². The molecule has 2 aromatic rings. The van der Waals surface area contributed by atoms with E-state index < -0.39 is 22.2 Å². The monoisotopic (exact) mass is 409 g/mol. The van der Waals surface area contributed by atoms with Gasteiger partial charge in [0.2, 0.25) is 11.8 Å². The molecule has 2 atom stereocenters. The lowest BCUT2D eigenvalue weighted by Gasteiger charge is -2.36. The lowest BCUT2D eigenvalue weighted by atomic mass is 9.87. The summed E-state index contributed by atoms with van der Waals surface area (Å²) >= 11 is 1.21. The molecule has 1 saturated heterocycles. The van der Waals surface area contributed by atoms with Crippen LogP contribution in [0.2, 0.25) is 0 Å². The minimum atomic E-state index is -0.850. The number of benzene rings is 1. The molecule has 0 saturated carbocycles. The van der Waals surface area contributed by atoms with Gasteiger partial charge in [0.1, 0.15) is 11.6 Å². The first-order valence-electron chi connectivity index (χ1n) is 8.61. The number of nitrogens with zero attached hydrogens (tertiary/aromatic N) is 4. The first-order chi connectivity index (χ1) is 13.3. The molecule has 0 unspecified atom stereocenters. The van der Waals surface area contributed by atoms with Gasteiger partial charge < -0.3 is 15.4 Å². The normalized spacial score (nSPS) is 24.1. The molecule has 0 amide bonds. The number of hydrogen-bond acceptors (Lipinski definition) is 7. The molecule has 4 rings (SSSR count). The number of aliphatic imine (C=N–C) groups is 1. The van der Waals surface area contributed by atoms with E-state index in [1.807, 2.05) is 4.90 Å². The van der Waals surface area contributed by atoms with E-state index in [1.165, 1.54) is 31.9 Å². The number of thioether (sulfide) groups is 1. The summed E-state index contributed by atoms with van der Waals surface area (Å²) in [5, 5.41) is 0.315. The summed E-state index contributed by atoms with van der Waals surface area (Å²) in [5.41, 5.74) is 6.33. The lowest BCUT2D eigenvalue weighted by Crippen LogP contribution is -2.40. The van der Waals surface area contributed by atoms with Crippen LogP contribution in [-0.2, 0) is 4.75 Å². The maximum Gasteiger partial charge on any atom is 0.255 e. The number of amidine groups is 1. The van der Waals surface area contributed by atoms with Crippen LogP contribution in [0.5, 0.6) is 5.88 Å². The summed E-state index contributed by atoms with van der Waals surface area (Å²) in [6.45, 7) is 2.59. The van der Waals surface area contributed by atoms with Crippen molar-refractivity contribution in [3.63, 3.8) is 0 Å². The molecule has 6 nitrogen and oxygen atoms in total. The van der Waals surface area contributed by atoms with Crippen LogP contribution in [0.15, 0.2) is 23.2 Å². The second-order valence-electron chi connectivity index (χ2n) is 6.80. The van der Waals surface area contributed by atoms with E-state index in [4.69, 9.17) is 10.5 Å². The largest absolute Gasteiger partial charge is 0.479 e. The minimum Gasteiger partial charge on any atom is -0.479 e.